The molecular weight excluding hydrogens is 266 g/mol. The van der Waals surface area contributed by atoms with E-state index in [4.69, 9.17) is 5.11 Å². The molecule has 0 amide bonds. The molecule has 1 aliphatic rings. The van der Waals surface area contributed by atoms with Crippen molar-refractivity contribution in [2.45, 2.75) is 25.8 Å². The van der Waals surface area contributed by atoms with Gasteiger partial charge in [-0.1, -0.05) is 0 Å². The summed E-state index contributed by atoms with van der Waals surface area (Å²) in [6.45, 7) is 4.05. The zero-order chi connectivity index (χ0) is 15.4. The fraction of sp³-hybridized carbons (Fsp3) is 0.500. The third-order valence-corrected chi connectivity index (χ3v) is 3.92. The van der Waals surface area contributed by atoms with E-state index in [1.807, 2.05) is 13.0 Å². The summed E-state index contributed by atoms with van der Waals surface area (Å²) < 4.78 is 0. The van der Waals surface area contributed by atoms with E-state index >= 15 is 0 Å². The zero-order valence-electron chi connectivity index (χ0n) is 12.9. The summed E-state index contributed by atoms with van der Waals surface area (Å²) in [5.41, 5.74) is 1.90. The Kier molecular flexibility index (Phi) is 4.96. The highest BCUT2D eigenvalue weighted by Crippen LogP contribution is 2.23. The standard InChI is InChI=1S/C16H23N3O2/c1-12-9-13(6-7-15(20)21)10-17-16(12)19-8-4-5-14(11-19)18(2)3/h6-7,9-10,14H,4-5,8,11H2,1-3H3,(H,20,21)/b7-6+. The Morgan fingerprint density at radius 1 is 1.52 bits per heavy atom. The lowest BCUT2D eigenvalue weighted by molar-refractivity contribution is -0.131. The maximum absolute atomic E-state index is 10.6. The maximum atomic E-state index is 10.6. The molecule has 1 unspecified atom stereocenters. The molecule has 0 radical (unpaired) electrons. The van der Waals surface area contributed by atoms with Crippen LogP contribution in [0.4, 0.5) is 5.82 Å². The number of nitrogens with zero attached hydrogens (tertiary/aromatic N) is 3. The van der Waals surface area contributed by atoms with Crippen molar-refractivity contribution in [3.8, 4) is 0 Å². The Labute approximate surface area is 125 Å². The molecule has 21 heavy (non-hydrogen) atoms. The molecule has 1 aliphatic heterocycles. The van der Waals surface area contributed by atoms with E-state index in [1.165, 1.54) is 12.8 Å². The van der Waals surface area contributed by atoms with Crippen LogP contribution >= 0.6 is 0 Å². The Balaban J connectivity index is 2.15. The molecule has 1 saturated heterocycles. The number of aryl methyl sites for hydroxylation is 1. The molecule has 0 bridgehead atoms. The van der Waals surface area contributed by atoms with Crippen LogP contribution in [0.5, 0.6) is 0 Å². The van der Waals surface area contributed by atoms with Gasteiger partial charge in [-0.2, -0.15) is 0 Å². The van der Waals surface area contributed by atoms with Crippen molar-refractivity contribution < 1.29 is 9.90 Å². The van der Waals surface area contributed by atoms with Crippen LogP contribution in [0.3, 0.4) is 0 Å². The van der Waals surface area contributed by atoms with Gasteiger partial charge in [-0.25, -0.2) is 9.78 Å². The van der Waals surface area contributed by atoms with Crippen molar-refractivity contribution in [1.82, 2.24) is 9.88 Å². The van der Waals surface area contributed by atoms with Crippen LogP contribution in [0.15, 0.2) is 18.3 Å². The number of anilines is 1. The number of pyridine rings is 1. The molecule has 1 fully saturated rings. The first-order valence-electron chi connectivity index (χ1n) is 7.26. The average Bonchev–Trinajstić information content (AvgIpc) is 2.45. The predicted octanol–water partition coefficient (Wildman–Crippen LogP) is 2.02. The Morgan fingerprint density at radius 2 is 2.29 bits per heavy atom. The van der Waals surface area contributed by atoms with Crippen molar-refractivity contribution >= 4 is 17.9 Å². The largest absolute Gasteiger partial charge is 0.478 e. The average molecular weight is 289 g/mol. The predicted molar refractivity (Wildman–Crippen MR) is 84.6 cm³/mol. The van der Waals surface area contributed by atoms with E-state index in [-0.39, 0.29) is 0 Å². The molecule has 1 aromatic heterocycles. The van der Waals surface area contributed by atoms with E-state index in [2.05, 4.69) is 28.9 Å². The van der Waals surface area contributed by atoms with Crippen molar-refractivity contribution in [3.63, 3.8) is 0 Å². The molecule has 1 atom stereocenters. The van der Waals surface area contributed by atoms with Gasteiger partial charge in [0.1, 0.15) is 5.82 Å². The lowest BCUT2D eigenvalue weighted by Crippen LogP contribution is -2.45. The van der Waals surface area contributed by atoms with Crippen LogP contribution in [0.2, 0.25) is 0 Å². The smallest absolute Gasteiger partial charge is 0.328 e. The Hall–Kier alpha value is -1.88. The summed E-state index contributed by atoms with van der Waals surface area (Å²) in [7, 11) is 4.24. The van der Waals surface area contributed by atoms with Crippen molar-refractivity contribution in [3.05, 3.63) is 29.5 Å². The molecule has 114 valence electrons. The highest BCUT2D eigenvalue weighted by Gasteiger charge is 2.23. The highest BCUT2D eigenvalue weighted by molar-refractivity contribution is 5.85. The molecule has 5 nitrogen and oxygen atoms in total. The van der Waals surface area contributed by atoms with E-state index < -0.39 is 5.97 Å². The van der Waals surface area contributed by atoms with Gasteiger partial charge in [-0.05, 0) is 57.1 Å². The lowest BCUT2D eigenvalue weighted by atomic mass is 10.0. The third-order valence-electron chi connectivity index (χ3n) is 3.92. The number of likely N-dealkylation sites (N-methyl/N-ethyl adjacent to an activating group) is 1. The van der Waals surface area contributed by atoms with E-state index in [0.29, 0.717) is 6.04 Å². The van der Waals surface area contributed by atoms with E-state index in [9.17, 15) is 4.79 Å². The van der Waals surface area contributed by atoms with Crippen LogP contribution in [0, 0.1) is 6.92 Å². The third kappa shape index (κ3) is 4.04. The van der Waals surface area contributed by atoms with Crippen molar-refractivity contribution in [1.29, 1.82) is 0 Å². The molecule has 1 aromatic rings. The number of hydrogen-bond donors (Lipinski definition) is 1. The monoisotopic (exact) mass is 289 g/mol. The molecule has 0 aromatic carbocycles. The molecular formula is C16H23N3O2. The quantitative estimate of drug-likeness (QED) is 0.859. The van der Waals surface area contributed by atoms with Crippen LogP contribution in [-0.4, -0.2) is 54.2 Å². The molecule has 5 heteroatoms. The van der Waals surface area contributed by atoms with Gasteiger partial charge < -0.3 is 14.9 Å². The molecule has 2 rings (SSSR count). The zero-order valence-corrected chi connectivity index (χ0v) is 12.9. The fourth-order valence-electron chi connectivity index (χ4n) is 2.75. The number of carboxylic acids is 1. The first-order chi connectivity index (χ1) is 9.97. The first-order valence-corrected chi connectivity index (χ1v) is 7.26. The molecule has 0 aliphatic carbocycles. The second-order valence-corrected chi connectivity index (χ2v) is 5.79. The number of rotatable bonds is 4. The van der Waals surface area contributed by atoms with Crippen LogP contribution in [0.25, 0.3) is 6.08 Å². The molecule has 0 spiro atoms. The second kappa shape index (κ2) is 6.72. The summed E-state index contributed by atoms with van der Waals surface area (Å²) in [5.74, 6) is 0.0654. The summed E-state index contributed by atoms with van der Waals surface area (Å²) in [6, 6.07) is 2.55. The van der Waals surface area contributed by atoms with Gasteiger partial charge in [-0.3, -0.25) is 0 Å². The summed E-state index contributed by atoms with van der Waals surface area (Å²) >= 11 is 0. The summed E-state index contributed by atoms with van der Waals surface area (Å²) in [5, 5.41) is 8.66. The number of carbonyl (C=O) groups is 1. The topological polar surface area (TPSA) is 56.7 Å². The Morgan fingerprint density at radius 3 is 2.90 bits per heavy atom. The lowest BCUT2D eigenvalue weighted by Gasteiger charge is -2.37. The first kappa shape index (κ1) is 15.5. The molecule has 0 saturated carbocycles. The van der Waals surface area contributed by atoms with Gasteiger partial charge in [0.05, 0.1) is 0 Å². The minimum Gasteiger partial charge on any atom is -0.478 e. The number of hydrogen-bond acceptors (Lipinski definition) is 4. The Bertz CT molecular complexity index is 540. The van der Waals surface area contributed by atoms with Crippen molar-refractivity contribution in [2.24, 2.45) is 0 Å². The van der Waals surface area contributed by atoms with E-state index in [0.717, 1.165) is 36.1 Å². The highest BCUT2D eigenvalue weighted by atomic mass is 16.4. The minimum atomic E-state index is -0.943. The normalized spacial score (nSPS) is 19.4. The summed E-state index contributed by atoms with van der Waals surface area (Å²) in [6.07, 6.45) is 6.84. The minimum absolute atomic E-state index is 0.562. The van der Waals surface area contributed by atoms with Gasteiger partial charge in [-0.15, -0.1) is 0 Å². The maximum Gasteiger partial charge on any atom is 0.328 e. The number of carboxylic acid groups (broad SMARTS) is 1. The number of aromatic nitrogens is 1. The van der Waals surface area contributed by atoms with Crippen molar-refractivity contribution in [2.75, 3.05) is 32.1 Å². The van der Waals surface area contributed by atoms with Gasteiger partial charge in [0.15, 0.2) is 0 Å². The van der Waals surface area contributed by atoms with E-state index in [1.54, 1.807) is 12.3 Å². The number of aliphatic carboxylic acids is 1. The number of piperidine rings is 1. The second-order valence-electron chi connectivity index (χ2n) is 5.79. The fourth-order valence-corrected chi connectivity index (χ4v) is 2.75. The van der Waals surface area contributed by atoms with Crippen LogP contribution in [-0.2, 0) is 4.79 Å². The van der Waals surface area contributed by atoms with Crippen LogP contribution < -0.4 is 4.90 Å². The van der Waals surface area contributed by atoms with Crippen LogP contribution in [0.1, 0.15) is 24.0 Å². The van der Waals surface area contributed by atoms with Gasteiger partial charge in [0.25, 0.3) is 0 Å². The van der Waals surface area contributed by atoms with Gasteiger partial charge in [0, 0.05) is 31.4 Å². The van der Waals surface area contributed by atoms with Gasteiger partial charge in [0.2, 0.25) is 0 Å². The van der Waals surface area contributed by atoms with Gasteiger partial charge >= 0.3 is 5.97 Å². The molecule has 2 heterocycles. The molecule has 1 N–H and O–H groups in total. The SMILES string of the molecule is Cc1cc(/C=C/C(=O)O)cnc1N1CCCC(N(C)C)C1. The summed E-state index contributed by atoms with van der Waals surface area (Å²) in [4.78, 5) is 19.7.